The molecule has 0 fully saturated rings. The molecule has 0 saturated heterocycles. The number of methoxy groups -OCH3 is 1. The molecule has 0 aliphatic carbocycles. The molecule has 0 unspecified atom stereocenters. The van der Waals surface area contributed by atoms with Crippen molar-refractivity contribution >= 4 is 5.91 Å². The van der Waals surface area contributed by atoms with Crippen LogP contribution >= 0.6 is 0 Å². The molecule has 0 N–H and O–H groups in total. The van der Waals surface area contributed by atoms with Gasteiger partial charge in [0, 0.05) is 32.9 Å². The highest BCUT2D eigenvalue weighted by Gasteiger charge is 2.13. The normalized spacial score (nSPS) is 10.7. The second-order valence-corrected chi connectivity index (χ2v) is 6.82. The molecular formula is C22H24FN3O3. The summed E-state index contributed by atoms with van der Waals surface area (Å²) in [5.41, 5.74) is 2.00. The van der Waals surface area contributed by atoms with E-state index in [1.54, 1.807) is 31.2 Å². The number of aryl methyl sites for hydroxylation is 3. The first kappa shape index (κ1) is 20.5. The van der Waals surface area contributed by atoms with Crippen LogP contribution in [0.15, 0.2) is 52.9 Å². The lowest BCUT2D eigenvalue weighted by Crippen LogP contribution is -2.26. The van der Waals surface area contributed by atoms with Gasteiger partial charge in [0.25, 0.3) is 0 Å². The Hall–Kier alpha value is -3.22. The minimum atomic E-state index is -0.290. The van der Waals surface area contributed by atoms with Crippen molar-refractivity contribution in [3.63, 3.8) is 0 Å². The highest BCUT2D eigenvalue weighted by Crippen LogP contribution is 2.15. The van der Waals surface area contributed by atoms with E-state index in [1.165, 1.54) is 12.1 Å². The molecule has 6 nitrogen and oxygen atoms in total. The first-order valence-electron chi connectivity index (χ1n) is 9.46. The van der Waals surface area contributed by atoms with Crippen LogP contribution in [0.2, 0.25) is 0 Å². The second-order valence-electron chi connectivity index (χ2n) is 6.82. The summed E-state index contributed by atoms with van der Waals surface area (Å²) in [5.74, 6) is 1.49. The van der Waals surface area contributed by atoms with Gasteiger partial charge in [-0.25, -0.2) is 4.39 Å². The Morgan fingerprint density at radius 1 is 1.03 bits per heavy atom. The molecule has 0 saturated carbocycles. The zero-order chi connectivity index (χ0) is 20.6. The predicted octanol–water partition coefficient (Wildman–Crippen LogP) is 3.59. The van der Waals surface area contributed by atoms with Crippen molar-refractivity contribution in [1.82, 2.24) is 15.1 Å². The molecular weight excluding hydrogens is 373 g/mol. The standard InChI is InChI=1S/C22H24FN3O3/c1-26(15-17-6-9-18(23)10-7-17)22(27)13-12-21-25-24-20(29-21)11-8-16-4-3-5-19(14-16)28-2/h3-7,9-10,14H,8,11-13,15H2,1-2H3. The third kappa shape index (κ3) is 6.14. The molecule has 0 radical (unpaired) electrons. The van der Waals surface area contributed by atoms with Gasteiger partial charge in [-0.15, -0.1) is 10.2 Å². The van der Waals surface area contributed by atoms with Gasteiger partial charge in [0.15, 0.2) is 0 Å². The topological polar surface area (TPSA) is 68.5 Å². The number of carbonyl (C=O) groups is 1. The Kier molecular flexibility index (Phi) is 6.94. The fraction of sp³-hybridized carbons (Fsp3) is 0.318. The van der Waals surface area contributed by atoms with Crippen LogP contribution in [0.5, 0.6) is 5.75 Å². The quantitative estimate of drug-likeness (QED) is 0.552. The number of benzene rings is 2. The van der Waals surface area contributed by atoms with Crippen molar-refractivity contribution in [2.75, 3.05) is 14.2 Å². The van der Waals surface area contributed by atoms with Crippen LogP contribution in [0.25, 0.3) is 0 Å². The van der Waals surface area contributed by atoms with E-state index >= 15 is 0 Å². The molecule has 1 heterocycles. The van der Waals surface area contributed by atoms with Gasteiger partial charge in [0.2, 0.25) is 17.7 Å². The number of amides is 1. The Labute approximate surface area is 169 Å². The molecule has 0 spiro atoms. The first-order chi connectivity index (χ1) is 14.0. The maximum Gasteiger partial charge on any atom is 0.223 e. The lowest BCUT2D eigenvalue weighted by molar-refractivity contribution is -0.130. The van der Waals surface area contributed by atoms with Crippen LogP contribution in [-0.2, 0) is 30.6 Å². The Morgan fingerprint density at radius 2 is 1.76 bits per heavy atom. The van der Waals surface area contributed by atoms with E-state index in [-0.39, 0.29) is 18.1 Å². The summed E-state index contributed by atoms with van der Waals surface area (Å²) in [6.07, 6.45) is 2.05. The number of hydrogen-bond donors (Lipinski definition) is 0. The Balaban J connectivity index is 1.45. The molecule has 0 aliphatic rings. The average molecular weight is 397 g/mol. The van der Waals surface area contributed by atoms with Gasteiger partial charge in [-0.2, -0.15) is 0 Å². The third-order valence-electron chi connectivity index (χ3n) is 4.58. The lowest BCUT2D eigenvalue weighted by Gasteiger charge is -2.16. The van der Waals surface area contributed by atoms with E-state index in [1.807, 2.05) is 24.3 Å². The van der Waals surface area contributed by atoms with Crippen LogP contribution in [0, 0.1) is 5.82 Å². The molecule has 1 amide bonds. The van der Waals surface area contributed by atoms with Crippen LogP contribution in [0.4, 0.5) is 4.39 Å². The maximum atomic E-state index is 13.0. The number of carbonyl (C=O) groups excluding carboxylic acids is 1. The Morgan fingerprint density at radius 3 is 2.48 bits per heavy atom. The summed E-state index contributed by atoms with van der Waals surface area (Å²) in [4.78, 5) is 13.9. The molecule has 1 aromatic heterocycles. The van der Waals surface area contributed by atoms with E-state index in [2.05, 4.69) is 10.2 Å². The molecule has 152 valence electrons. The zero-order valence-electron chi connectivity index (χ0n) is 16.6. The molecule has 3 rings (SSSR count). The number of halogens is 1. The van der Waals surface area contributed by atoms with Crippen molar-refractivity contribution in [2.45, 2.75) is 32.2 Å². The van der Waals surface area contributed by atoms with Crippen LogP contribution in [0.1, 0.15) is 29.3 Å². The van der Waals surface area contributed by atoms with E-state index in [4.69, 9.17) is 9.15 Å². The minimum absolute atomic E-state index is 0.0366. The summed E-state index contributed by atoms with van der Waals surface area (Å²) >= 11 is 0. The van der Waals surface area contributed by atoms with Gasteiger partial charge in [0.05, 0.1) is 7.11 Å². The van der Waals surface area contributed by atoms with Gasteiger partial charge in [-0.1, -0.05) is 24.3 Å². The summed E-state index contributed by atoms with van der Waals surface area (Å²) in [6.45, 7) is 0.425. The van der Waals surface area contributed by atoms with E-state index in [0.717, 1.165) is 23.3 Å². The average Bonchev–Trinajstić information content (AvgIpc) is 3.20. The van der Waals surface area contributed by atoms with Crippen LogP contribution < -0.4 is 4.74 Å². The summed E-state index contributed by atoms with van der Waals surface area (Å²) in [5, 5.41) is 8.10. The number of rotatable bonds is 9. The molecule has 29 heavy (non-hydrogen) atoms. The third-order valence-corrected chi connectivity index (χ3v) is 4.58. The highest BCUT2D eigenvalue weighted by molar-refractivity contribution is 5.76. The number of aromatic nitrogens is 2. The van der Waals surface area contributed by atoms with Crippen molar-refractivity contribution in [1.29, 1.82) is 0 Å². The highest BCUT2D eigenvalue weighted by atomic mass is 19.1. The lowest BCUT2D eigenvalue weighted by atomic mass is 10.1. The van der Waals surface area contributed by atoms with E-state index in [9.17, 15) is 9.18 Å². The smallest absolute Gasteiger partial charge is 0.223 e. The van der Waals surface area contributed by atoms with Gasteiger partial charge in [0.1, 0.15) is 11.6 Å². The summed E-state index contributed by atoms with van der Waals surface area (Å²) in [7, 11) is 3.36. The predicted molar refractivity (Wildman–Crippen MR) is 106 cm³/mol. The SMILES string of the molecule is COc1cccc(CCc2nnc(CCC(=O)N(C)Cc3ccc(F)cc3)o2)c1. The number of hydrogen-bond acceptors (Lipinski definition) is 5. The van der Waals surface area contributed by atoms with Gasteiger partial charge < -0.3 is 14.1 Å². The van der Waals surface area contributed by atoms with Crippen molar-refractivity contribution in [3.05, 3.63) is 77.3 Å². The maximum absolute atomic E-state index is 13.0. The Bertz CT molecular complexity index is 940. The largest absolute Gasteiger partial charge is 0.497 e. The van der Waals surface area contributed by atoms with Crippen LogP contribution in [-0.4, -0.2) is 35.2 Å². The fourth-order valence-corrected chi connectivity index (χ4v) is 2.93. The zero-order valence-corrected chi connectivity index (χ0v) is 16.6. The first-order valence-corrected chi connectivity index (χ1v) is 9.46. The van der Waals surface area contributed by atoms with Gasteiger partial charge in [-0.3, -0.25) is 4.79 Å². The monoisotopic (exact) mass is 397 g/mol. The van der Waals surface area contributed by atoms with Gasteiger partial charge in [-0.05, 0) is 41.8 Å². The molecule has 2 aromatic carbocycles. The van der Waals surface area contributed by atoms with E-state index in [0.29, 0.717) is 31.2 Å². The molecule has 0 atom stereocenters. The summed E-state index contributed by atoms with van der Waals surface area (Å²) < 4.78 is 23.9. The minimum Gasteiger partial charge on any atom is -0.497 e. The van der Waals surface area contributed by atoms with Crippen molar-refractivity contribution in [2.24, 2.45) is 0 Å². The molecule has 0 bridgehead atoms. The number of nitrogens with zero attached hydrogens (tertiary/aromatic N) is 3. The van der Waals surface area contributed by atoms with Crippen molar-refractivity contribution in [3.8, 4) is 5.75 Å². The molecule has 0 aliphatic heterocycles. The van der Waals surface area contributed by atoms with Gasteiger partial charge >= 0.3 is 0 Å². The number of ether oxygens (including phenoxy) is 1. The van der Waals surface area contributed by atoms with Crippen LogP contribution in [0.3, 0.4) is 0 Å². The molecule has 3 aromatic rings. The van der Waals surface area contributed by atoms with Crippen molar-refractivity contribution < 1.29 is 18.3 Å². The summed E-state index contributed by atoms with van der Waals surface area (Å²) in [6, 6.07) is 14.0. The van der Waals surface area contributed by atoms with E-state index < -0.39 is 0 Å². The second kappa shape index (κ2) is 9.82. The fourth-order valence-electron chi connectivity index (χ4n) is 2.93. The molecule has 7 heteroatoms.